The lowest BCUT2D eigenvalue weighted by molar-refractivity contribution is -0.119. The summed E-state index contributed by atoms with van der Waals surface area (Å²) >= 11 is 0. The molecule has 2 heterocycles. The van der Waals surface area contributed by atoms with Crippen molar-refractivity contribution in [3.8, 4) is 0 Å². The number of halogens is 1. The van der Waals surface area contributed by atoms with Gasteiger partial charge in [-0.25, -0.2) is 9.18 Å². The van der Waals surface area contributed by atoms with Crippen molar-refractivity contribution in [3.05, 3.63) is 29.2 Å². The van der Waals surface area contributed by atoms with Gasteiger partial charge in [-0.3, -0.25) is 9.69 Å². The topological polar surface area (TPSA) is 90.9 Å². The van der Waals surface area contributed by atoms with Crippen LogP contribution in [0.2, 0.25) is 0 Å². The van der Waals surface area contributed by atoms with Gasteiger partial charge in [-0.05, 0) is 6.07 Å². The molecule has 2 fully saturated rings. The highest BCUT2D eigenvalue weighted by atomic mass is 19.1. The predicted octanol–water partition coefficient (Wildman–Crippen LogP) is 1.12. The van der Waals surface area contributed by atoms with E-state index < -0.39 is 73.4 Å². The second-order valence-electron chi connectivity index (χ2n) is 5.08. The molecule has 0 unspecified atom stereocenters. The lowest BCUT2D eigenvalue weighted by Crippen LogP contribution is -2.52. The average molecular weight is 363 g/mol. The summed E-state index contributed by atoms with van der Waals surface area (Å²) in [5, 5.41) is 15.6. The van der Waals surface area contributed by atoms with Crippen LogP contribution in [0.15, 0.2) is 18.2 Å². The van der Waals surface area contributed by atoms with Crippen LogP contribution >= 0.6 is 0 Å². The van der Waals surface area contributed by atoms with Crippen LogP contribution in [-0.2, 0) is 14.3 Å². The number of hydrogen-bond acceptors (Lipinski definition) is 5. The van der Waals surface area contributed by atoms with Crippen LogP contribution in [0.25, 0.3) is 0 Å². The molecule has 1 N–H and O–H groups in total. The van der Waals surface area contributed by atoms with Gasteiger partial charge in [0.25, 0.3) is 0 Å². The van der Waals surface area contributed by atoms with Crippen LogP contribution in [0.3, 0.4) is 0 Å². The Morgan fingerprint density at radius 3 is 2.92 bits per heavy atom. The molecule has 2 saturated heterocycles. The minimum Gasteiger partial charge on any atom is -0.627 e. The van der Waals surface area contributed by atoms with E-state index in [1.807, 2.05) is 5.32 Å². The summed E-state index contributed by atoms with van der Waals surface area (Å²) in [6, 6.07) is 1.95. The minimum absolute atomic E-state index is 0.315. The molecule has 3 rings (SSSR count). The van der Waals surface area contributed by atoms with Crippen LogP contribution in [0.4, 0.5) is 20.6 Å². The summed E-state index contributed by atoms with van der Waals surface area (Å²) in [5.74, 6) is -2.36. The van der Waals surface area contributed by atoms with Crippen molar-refractivity contribution in [3.63, 3.8) is 0 Å². The Kier molecular flexibility index (Phi) is 2.48. The number of ether oxygens (including phenoxy) is 2. The van der Waals surface area contributed by atoms with Crippen LogP contribution in [0, 0.1) is 11.0 Å². The molecule has 0 aromatic heterocycles. The molecule has 0 aliphatic carbocycles. The monoisotopic (exact) mass is 363 g/mol. The van der Waals surface area contributed by atoms with Crippen LogP contribution in [0.5, 0.6) is 0 Å². The van der Waals surface area contributed by atoms with E-state index in [0.717, 1.165) is 17.9 Å². The highest BCUT2D eigenvalue weighted by Crippen LogP contribution is 2.31. The van der Waals surface area contributed by atoms with Crippen molar-refractivity contribution < 1.29 is 37.2 Å². The first kappa shape index (κ1) is 8.93. The number of nitrogens with one attached hydrogen (secondary N) is 1. The zero-order valence-corrected chi connectivity index (χ0v) is 12.8. The number of benzene rings is 1. The number of nitrogens with zero attached hydrogens (tertiary/aromatic N) is 2. The summed E-state index contributed by atoms with van der Waals surface area (Å²) in [7, 11) is 0. The van der Waals surface area contributed by atoms with Gasteiger partial charge in [0.15, 0.2) is 11.5 Å². The van der Waals surface area contributed by atoms with E-state index in [4.69, 9.17) is 18.4 Å². The van der Waals surface area contributed by atoms with Gasteiger partial charge in [-0.1, -0.05) is 0 Å². The zero-order valence-electron chi connectivity index (χ0n) is 22.8. The highest BCUT2D eigenvalue weighted by molar-refractivity contribution is 5.90. The van der Waals surface area contributed by atoms with Crippen molar-refractivity contribution in [2.45, 2.75) is 13.0 Å². The molecule has 0 radical (unpaired) electrons. The number of rotatable bonds is 4. The van der Waals surface area contributed by atoms with E-state index in [-0.39, 0.29) is 5.69 Å². The summed E-state index contributed by atoms with van der Waals surface area (Å²) in [4.78, 5) is 24.2. The van der Waals surface area contributed by atoms with E-state index >= 15 is 4.39 Å². The Morgan fingerprint density at radius 1 is 1.56 bits per heavy atom. The first-order chi connectivity index (χ1) is 15.6. The fourth-order valence-electron chi connectivity index (χ4n) is 2.20. The zero-order chi connectivity index (χ0) is 27.0. The van der Waals surface area contributed by atoms with Gasteiger partial charge < -0.3 is 24.6 Å². The van der Waals surface area contributed by atoms with Gasteiger partial charge >= 0.3 is 6.09 Å². The Morgan fingerprint density at radius 2 is 2.28 bits per heavy atom. The summed E-state index contributed by atoms with van der Waals surface area (Å²) in [6.07, 6.45) is -2.66. The third kappa shape index (κ3) is 3.73. The molecular weight excluding hydrogens is 333 g/mol. The Labute approximate surface area is 158 Å². The second kappa shape index (κ2) is 6.95. The van der Waals surface area contributed by atoms with E-state index in [0.29, 0.717) is 12.1 Å². The van der Waals surface area contributed by atoms with Gasteiger partial charge in [0.1, 0.15) is 19.1 Å². The summed E-state index contributed by atoms with van der Waals surface area (Å²) in [6.45, 7) is -17.1. The van der Waals surface area contributed by atoms with Crippen LogP contribution in [0.1, 0.15) is 20.6 Å². The molecule has 136 valence electrons. The lowest BCUT2D eigenvalue weighted by Gasteiger charge is -2.44. The lowest BCUT2D eigenvalue weighted by atomic mass is 10.2. The quantitative estimate of drug-likeness (QED) is 0.639. The first-order valence-electron chi connectivity index (χ1n) is 12.0. The van der Waals surface area contributed by atoms with Crippen molar-refractivity contribution in [2.24, 2.45) is 0 Å². The van der Waals surface area contributed by atoms with Crippen molar-refractivity contribution in [2.75, 3.05) is 44.1 Å². The maximum atomic E-state index is 15.2. The maximum absolute atomic E-state index is 15.2. The fourth-order valence-corrected chi connectivity index (χ4v) is 2.20. The number of hydroxylamine groups is 2. The maximum Gasteiger partial charge on any atom is 0.414 e. The Hall–Kier alpha value is -2.23. The number of morpholine rings is 1. The molecule has 8 nitrogen and oxygen atoms in total. The van der Waals surface area contributed by atoms with Gasteiger partial charge in [-0.2, -0.15) is 0 Å². The SMILES string of the molecule is [2H]C([2H])(NC(C)=O)[C@H]1CN(c2ccc([N+]3([O-])C([2H])([2H])C([2H])([2H])OC([2H])([2H])C3([2H])[2H])c(F)c2)C(=O)O1. The molecule has 2 aliphatic heterocycles. The minimum atomic E-state index is -3.88. The molecule has 0 bridgehead atoms. The van der Waals surface area contributed by atoms with Crippen molar-refractivity contribution in [1.82, 2.24) is 9.96 Å². The van der Waals surface area contributed by atoms with Gasteiger partial charge in [0, 0.05) is 19.1 Å². The van der Waals surface area contributed by atoms with E-state index in [1.165, 1.54) is 0 Å². The first-order valence-corrected chi connectivity index (χ1v) is 7.00. The molecule has 2 aliphatic rings. The molecule has 1 atom stereocenters. The fraction of sp³-hybridized carbons (Fsp3) is 0.500. The Bertz CT molecular complexity index is 1050. The van der Waals surface area contributed by atoms with Crippen LogP contribution in [-0.4, -0.2) is 57.3 Å². The third-order valence-corrected chi connectivity index (χ3v) is 3.31. The second-order valence-corrected chi connectivity index (χ2v) is 5.08. The molecule has 1 aromatic rings. The van der Waals surface area contributed by atoms with Crippen molar-refractivity contribution >= 4 is 23.4 Å². The molecular formula is C16H20FN3O5. The standard InChI is InChI=1S/C16H20FN3O5/c1-11(21)18-9-13-10-19(16(22)25-13)12-2-3-15(14(17)8-12)20(23)4-6-24-7-5-20/h2-3,8,13H,4-7,9-10H2,1H3,(H,18,21)/t13-/m0/s1/i4D2,5D2,6D2,7D2,9D2. The number of quaternary nitrogens is 1. The number of hydrogen-bond donors (Lipinski definition) is 1. The number of carbonyl (C=O) groups excluding carboxylic acids is 2. The van der Waals surface area contributed by atoms with Gasteiger partial charge in [0.2, 0.25) is 5.91 Å². The smallest absolute Gasteiger partial charge is 0.414 e. The molecule has 0 spiro atoms. The average Bonchev–Trinajstić information content (AvgIpc) is 3.07. The number of amides is 2. The highest BCUT2D eigenvalue weighted by Gasteiger charge is 2.34. The van der Waals surface area contributed by atoms with Gasteiger partial charge in [0.05, 0.1) is 45.6 Å². The Balaban J connectivity index is 2.04. The number of anilines is 1. The largest absolute Gasteiger partial charge is 0.627 e. The molecule has 25 heavy (non-hydrogen) atoms. The number of carbonyl (C=O) groups is 2. The predicted molar refractivity (Wildman–Crippen MR) is 88.4 cm³/mol. The van der Waals surface area contributed by atoms with Crippen LogP contribution < -0.4 is 14.9 Å². The molecule has 1 aromatic carbocycles. The molecule has 9 heteroatoms. The molecule has 2 amide bonds. The summed E-state index contributed by atoms with van der Waals surface area (Å²) in [5.41, 5.74) is -1.64. The summed E-state index contributed by atoms with van der Waals surface area (Å²) < 4.78 is 99.4. The number of cyclic esters (lactones) is 1. The van der Waals surface area contributed by atoms with Crippen molar-refractivity contribution in [1.29, 1.82) is 0 Å². The van der Waals surface area contributed by atoms with E-state index in [9.17, 15) is 14.8 Å². The third-order valence-electron chi connectivity index (χ3n) is 3.31. The van der Waals surface area contributed by atoms with E-state index in [2.05, 4.69) is 4.74 Å². The normalized spacial score (nSPS) is 37.2. The van der Waals surface area contributed by atoms with E-state index in [1.54, 1.807) is 0 Å². The van der Waals surface area contributed by atoms with Gasteiger partial charge in [-0.15, -0.1) is 0 Å². The molecule has 0 saturated carbocycles.